The van der Waals surface area contributed by atoms with E-state index in [2.05, 4.69) is 15.6 Å². The molecule has 2 unspecified atom stereocenters. The second kappa shape index (κ2) is 8.22. The number of anilines is 1. The number of aliphatic hydroxyl groups excluding tert-OH is 1. The van der Waals surface area contributed by atoms with Gasteiger partial charge in [-0.1, -0.05) is 48.0 Å². The van der Waals surface area contributed by atoms with Crippen LogP contribution in [0, 0.1) is 25.5 Å². The van der Waals surface area contributed by atoms with Crippen LogP contribution in [0.4, 0.5) is 14.5 Å². The van der Waals surface area contributed by atoms with Crippen LogP contribution in [0.25, 0.3) is 22.0 Å². The fourth-order valence-electron chi connectivity index (χ4n) is 4.93. The second-order valence-electron chi connectivity index (χ2n) is 9.84. The summed E-state index contributed by atoms with van der Waals surface area (Å²) in [5.41, 5.74) is 4.04. The number of H-pyrrole nitrogens is 1. The van der Waals surface area contributed by atoms with Gasteiger partial charge in [0.2, 0.25) is 0 Å². The summed E-state index contributed by atoms with van der Waals surface area (Å²) in [5, 5.41) is 18.6. The molecule has 4 nitrogen and oxygen atoms in total. The van der Waals surface area contributed by atoms with Gasteiger partial charge in [-0.3, -0.25) is 0 Å². The lowest BCUT2D eigenvalue weighted by atomic mass is 9.80. The third-order valence-electron chi connectivity index (χ3n) is 6.92. The SMILES string of the molecule is Cc1ccc(CNC2c3c(cc(F)c(-c4cccc5c(C)c[nH]c45)c3F)NC(C)(C)C2O)cc1. The summed E-state index contributed by atoms with van der Waals surface area (Å²) < 4.78 is 31.7. The summed E-state index contributed by atoms with van der Waals surface area (Å²) in [6, 6.07) is 14.1. The predicted octanol–water partition coefficient (Wildman–Crippen LogP) is 6.13. The Bertz CT molecular complexity index is 1370. The maximum absolute atomic E-state index is 16.2. The average molecular weight is 462 g/mol. The Labute approximate surface area is 198 Å². The van der Waals surface area contributed by atoms with E-state index in [1.807, 2.05) is 64.2 Å². The summed E-state index contributed by atoms with van der Waals surface area (Å²) >= 11 is 0. The number of rotatable bonds is 4. The molecule has 176 valence electrons. The Morgan fingerprint density at radius 1 is 1.06 bits per heavy atom. The number of aliphatic hydroxyl groups is 1. The van der Waals surface area contributed by atoms with Crippen LogP contribution in [0.5, 0.6) is 0 Å². The van der Waals surface area contributed by atoms with Gasteiger partial charge in [-0.2, -0.15) is 0 Å². The first kappa shape index (κ1) is 22.6. The highest BCUT2D eigenvalue weighted by atomic mass is 19.1. The molecule has 5 rings (SSSR count). The zero-order valence-corrected chi connectivity index (χ0v) is 19.8. The third kappa shape index (κ3) is 3.67. The average Bonchev–Trinajstić information content (AvgIpc) is 3.17. The molecule has 1 aliphatic heterocycles. The highest BCUT2D eigenvalue weighted by Crippen LogP contribution is 2.44. The maximum Gasteiger partial charge on any atom is 0.140 e. The molecule has 34 heavy (non-hydrogen) atoms. The van der Waals surface area contributed by atoms with Crippen LogP contribution < -0.4 is 10.6 Å². The minimum absolute atomic E-state index is 0.0953. The van der Waals surface area contributed by atoms with E-state index in [1.54, 1.807) is 12.1 Å². The van der Waals surface area contributed by atoms with Crippen LogP contribution >= 0.6 is 0 Å². The fourth-order valence-corrected chi connectivity index (χ4v) is 4.93. The molecule has 0 radical (unpaired) electrons. The first-order chi connectivity index (χ1) is 16.2. The molecule has 1 aliphatic rings. The molecular weight excluding hydrogens is 432 g/mol. The van der Waals surface area contributed by atoms with Gasteiger partial charge in [0.05, 0.1) is 28.8 Å². The van der Waals surface area contributed by atoms with E-state index in [0.717, 1.165) is 22.1 Å². The summed E-state index contributed by atoms with van der Waals surface area (Å²) in [6.07, 6.45) is 0.893. The van der Waals surface area contributed by atoms with E-state index in [9.17, 15) is 5.11 Å². The number of nitrogens with one attached hydrogen (secondary N) is 3. The number of aromatic amines is 1. The van der Waals surface area contributed by atoms with Gasteiger partial charge in [-0.25, -0.2) is 8.78 Å². The standard InChI is InChI=1S/C28H29F2N3O/c1-15-8-10-17(11-9-15)14-32-26-23-21(33-28(3,4)27(26)34)12-20(29)22(24(23)30)19-7-5-6-18-16(2)13-31-25(18)19/h5-13,26-27,31-34H,14H2,1-4H3. The first-order valence-electron chi connectivity index (χ1n) is 11.5. The largest absolute Gasteiger partial charge is 0.389 e. The molecule has 0 fully saturated rings. The smallest absolute Gasteiger partial charge is 0.140 e. The van der Waals surface area contributed by atoms with Crippen molar-refractivity contribution in [2.45, 2.75) is 51.9 Å². The van der Waals surface area contributed by atoms with Crippen LogP contribution in [0.3, 0.4) is 0 Å². The van der Waals surface area contributed by atoms with Gasteiger partial charge in [-0.15, -0.1) is 0 Å². The zero-order chi connectivity index (χ0) is 24.2. The van der Waals surface area contributed by atoms with Crippen molar-refractivity contribution in [1.29, 1.82) is 0 Å². The van der Waals surface area contributed by atoms with E-state index >= 15 is 8.78 Å². The number of hydrogen-bond acceptors (Lipinski definition) is 3. The monoisotopic (exact) mass is 461 g/mol. The molecule has 4 N–H and O–H groups in total. The molecule has 0 saturated heterocycles. The highest BCUT2D eigenvalue weighted by Gasteiger charge is 2.43. The normalized spacial score (nSPS) is 19.1. The first-order valence-corrected chi connectivity index (χ1v) is 11.5. The van der Waals surface area contributed by atoms with Gasteiger partial charge in [0.1, 0.15) is 11.6 Å². The zero-order valence-electron chi connectivity index (χ0n) is 19.8. The van der Waals surface area contributed by atoms with Crippen molar-refractivity contribution in [3.63, 3.8) is 0 Å². The van der Waals surface area contributed by atoms with Gasteiger partial charge < -0.3 is 20.7 Å². The third-order valence-corrected chi connectivity index (χ3v) is 6.92. The van der Waals surface area contributed by atoms with Crippen LogP contribution in [-0.2, 0) is 6.54 Å². The number of aryl methyl sites for hydroxylation is 2. The molecule has 0 saturated carbocycles. The van der Waals surface area contributed by atoms with Crippen molar-refractivity contribution >= 4 is 16.6 Å². The van der Waals surface area contributed by atoms with Crippen molar-refractivity contribution in [2.24, 2.45) is 0 Å². The van der Waals surface area contributed by atoms with Crippen LogP contribution in [0.1, 0.15) is 42.1 Å². The molecule has 2 heterocycles. The number of benzene rings is 3. The summed E-state index contributed by atoms with van der Waals surface area (Å²) in [7, 11) is 0. The fraction of sp³-hybridized carbons (Fsp3) is 0.286. The van der Waals surface area contributed by atoms with Crippen molar-refractivity contribution in [1.82, 2.24) is 10.3 Å². The number of halogens is 2. The molecule has 6 heteroatoms. The topological polar surface area (TPSA) is 60.1 Å². The highest BCUT2D eigenvalue weighted by molar-refractivity contribution is 5.96. The maximum atomic E-state index is 16.2. The molecule has 0 aliphatic carbocycles. The Hall–Kier alpha value is -3.22. The molecule has 1 aromatic heterocycles. The lowest BCUT2D eigenvalue weighted by Crippen LogP contribution is -2.54. The van der Waals surface area contributed by atoms with Crippen molar-refractivity contribution in [3.8, 4) is 11.1 Å². The molecule has 2 atom stereocenters. The molecule has 0 bridgehead atoms. The molecule has 3 aromatic carbocycles. The number of fused-ring (bicyclic) bond motifs is 2. The minimum atomic E-state index is -0.943. The summed E-state index contributed by atoms with van der Waals surface area (Å²) in [6.45, 7) is 8.06. The Morgan fingerprint density at radius 3 is 2.53 bits per heavy atom. The molecule has 4 aromatic rings. The predicted molar refractivity (Wildman–Crippen MR) is 133 cm³/mol. The molecule has 0 spiro atoms. The van der Waals surface area contributed by atoms with Crippen LogP contribution in [-0.4, -0.2) is 21.7 Å². The minimum Gasteiger partial charge on any atom is -0.389 e. The van der Waals surface area contributed by atoms with Gasteiger partial charge in [0.15, 0.2) is 0 Å². The second-order valence-corrected chi connectivity index (χ2v) is 9.84. The number of para-hydroxylation sites is 1. The van der Waals surface area contributed by atoms with Gasteiger partial charge in [0, 0.05) is 34.9 Å². The summed E-state index contributed by atoms with van der Waals surface area (Å²) in [5.74, 6) is -1.31. The van der Waals surface area contributed by atoms with E-state index in [-0.39, 0.29) is 11.1 Å². The molecule has 0 amide bonds. The van der Waals surface area contributed by atoms with E-state index in [1.165, 1.54) is 6.07 Å². The van der Waals surface area contributed by atoms with Crippen molar-refractivity contribution < 1.29 is 13.9 Å². The van der Waals surface area contributed by atoms with Crippen LogP contribution in [0.2, 0.25) is 0 Å². The Kier molecular flexibility index (Phi) is 5.46. The Balaban J connectivity index is 1.64. The number of hydrogen-bond donors (Lipinski definition) is 4. The van der Waals surface area contributed by atoms with E-state index in [4.69, 9.17) is 0 Å². The quantitative estimate of drug-likeness (QED) is 0.296. The van der Waals surface area contributed by atoms with Gasteiger partial charge in [-0.05, 0) is 44.9 Å². The molecular formula is C28H29F2N3O. The van der Waals surface area contributed by atoms with Gasteiger partial charge in [0.25, 0.3) is 0 Å². The van der Waals surface area contributed by atoms with Crippen molar-refractivity contribution in [3.05, 3.63) is 88.6 Å². The van der Waals surface area contributed by atoms with Gasteiger partial charge >= 0.3 is 0 Å². The van der Waals surface area contributed by atoms with E-state index < -0.39 is 29.3 Å². The number of aromatic nitrogens is 1. The lowest BCUT2D eigenvalue weighted by Gasteiger charge is -2.44. The Morgan fingerprint density at radius 2 is 1.79 bits per heavy atom. The van der Waals surface area contributed by atoms with Crippen molar-refractivity contribution in [2.75, 3.05) is 5.32 Å². The van der Waals surface area contributed by atoms with Crippen LogP contribution in [0.15, 0.2) is 54.7 Å². The lowest BCUT2D eigenvalue weighted by molar-refractivity contribution is 0.0663. The van der Waals surface area contributed by atoms with E-state index in [0.29, 0.717) is 23.3 Å². The summed E-state index contributed by atoms with van der Waals surface area (Å²) in [4.78, 5) is 3.16.